The van der Waals surface area contributed by atoms with Crippen LogP contribution in [0.5, 0.6) is 0 Å². The van der Waals surface area contributed by atoms with E-state index in [-0.39, 0.29) is 5.16 Å². The third-order valence-electron chi connectivity index (χ3n) is 7.77. The number of hydrogen-bond acceptors (Lipinski definition) is 3. The van der Waals surface area contributed by atoms with Crippen molar-refractivity contribution in [2.24, 2.45) is 0 Å². The number of benzene rings is 2. The van der Waals surface area contributed by atoms with Crippen LogP contribution in [-0.2, 0) is 0 Å². The van der Waals surface area contributed by atoms with Crippen LogP contribution < -0.4 is 5.57 Å². The highest BCUT2D eigenvalue weighted by Crippen LogP contribution is 2.96. The van der Waals surface area contributed by atoms with E-state index in [1.54, 1.807) is 0 Å². The molecular weight excluding hydrogens is 605 g/mol. The topological polar surface area (TPSA) is 38.7 Å². The lowest BCUT2D eigenvalue weighted by Gasteiger charge is -2.59. The summed E-state index contributed by atoms with van der Waals surface area (Å²) in [5.41, 5.74) is 19.2. The van der Waals surface area contributed by atoms with Crippen molar-refractivity contribution in [1.82, 2.24) is 15.0 Å². The van der Waals surface area contributed by atoms with Crippen LogP contribution in [0.3, 0.4) is 0 Å². The lowest BCUT2D eigenvalue weighted by atomic mass is 10.0. The van der Waals surface area contributed by atoms with Gasteiger partial charge in [0.2, 0.25) is 11.6 Å². The highest BCUT2D eigenvalue weighted by atomic mass is 31.2. The first-order valence-electron chi connectivity index (χ1n) is 15.7. The number of rotatable bonds is 3. The van der Waals surface area contributed by atoms with E-state index < -0.39 is 32.0 Å². The van der Waals surface area contributed by atoms with E-state index in [1.807, 2.05) is 0 Å². The quantitative estimate of drug-likeness (QED) is 0.160. The standard InChI is InChI=1S/C37H51N3P2Si2/c1-24-20-26(3)32(27(4)21-24)34-41(35(42(34)37(7,8)9)33-28(5)22-25(2)23-29(33)6)36-39-30(16-18-43(10,11)12)38-31(40-36)17-19-44(13,14)15/h20-23,34-35H,1-15H3. The predicted octanol–water partition coefficient (Wildman–Crippen LogP) is 9.98. The molecule has 3 nitrogen and oxygen atoms in total. The van der Waals surface area contributed by atoms with E-state index in [1.165, 1.54) is 44.5 Å². The van der Waals surface area contributed by atoms with Gasteiger partial charge in [-0.3, -0.25) is 0 Å². The Morgan fingerprint density at radius 1 is 0.591 bits per heavy atom. The third kappa shape index (κ3) is 7.80. The summed E-state index contributed by atoms with van der Waals surface area (Å²) in [6, 6.07) is 9.46. The van der Waals surface area contributed by atoms with Gasteiger partial charge in [0.05, 0.1) is 0 Å². The maximum atomic E-state index is 5.23. The fraction of sp³-hybridized carbons (Fsp3) is 0.486. The van der Waals surface area contributed by atoms with Gasteiger partial charge < -0.3 is 0 Å². The Balaban J connectivity index is 2.08. The summed E-state index contributed by atoms with van der Waals surface area (Å²) in [6.45, 7) is 34.6. The van der Waals surface area contributed by atoms with Gasteiger partial charge in [-0.1, -0.05) is 103 Å². The lowest BCUT2D eigenvalue weighted by molar-refractivity contribution is 0.764. The molecule has 0 bridgehead atoms. The van der Waals surface area contributed by atoms with Crippen molar-refractivity contribution in [1.29, 1.82) is 0 Å². The van der Waals surface area contributed by atoms with Crippen LogP contribution in [0.2, 0.25) is 39.3 Å². The molecule has 2 unspecified atom stereocenters. The van der Waals surface area contributed by atoms with E-state index in [2.05, 4.69) is 149 Å². The molecule has 0 radical (unpaired) electrons. The van der Waals surface area contributed by atoms with Gasteiger partial charge in [-0.2, -0.15) is 4.98 Å². The zero-order chi connectivity index (χ0) is 32.9. The highest BCUT2D eigenvalue weighted by Gasteiger charge is 2.58. The molecule has 2 atom stereocenters. The van der Waals surface area contributed by atoms with Crippen LogP contribution in [0.4, 0.5) is 0 Å². The molecule has 0 spiro atoms. The lowest BCUT2D eigenvalue weighted by Crippen LogP contribution is -2.34. The van der Waals surface area contributed by atoms with Gasteiger partial charge in [-0.25, -0.2) is 9.97 Å². The molecule has 1 fully saturated rings. The molecule has 4 rings (SSSR count). The maximum absolute atomic E-state index is 5.23. The molecule has 0 N–H and O–H groups in total. The zero-order valence-electron chi connectivity index (χ0n) is 29.7. The predicted molar refractivity (Wildman–Crippen MR) is 200 cm³/mol. The largest absolute Gasteiger partial charge is 0.208 e. The molecule has 0 saturated carbocycles. The number of hydrogen-bond donors (Lipinski definition) is 0. The normalized spacial score (nSPS) is 20.2. The second-order valence-electron chi connectivity index (χ2n) is 15.6. The van der Waals surface area contributed by atoms with Gasteiger partial charge in [0.1, 0.15) is 16.1 Å². The van der Waals surface area contributed by atoms with Crippen molar-refractivity contribution in [2.75, 3.05) is 0 Å². The van der Waals surface area contributed by atoms with E-state index in [4.69, 9.17) is 15.0 Å². The van der Waals surface area contributed by atoms with Crippen molar-refractivity contribution >= 4 is 37.6 Å². The van der Waals surface area contributed by atoms with Crippen molar-refractivity contribution in [3.05, 3.63) is 80.4 Å². The fourth-order valence-corrected chi connectivity index (χ4v) is 18.3. The maximum Gasteiger partial charge on any atom is 0.208 e. The van der Waals surface area contributed by atoms with Gasteiger partial charge in [0.25, 0.3) is 0 Å². The molecule has 0 amide bonds. The first-order valence-corrected chi connectivity index (χ1v) is 25.7. The van der Waals surface area contributed by atoms with Crippen LogP contribution in [-0.4, -0.2) is 36.3 Å². The Morgan fingerprint density at radius 3 is 1.23 bits per heavy atom. The van der Waals surface area contributed by atoms with Crippen LogP contribution in [0.1, 0.15) is 87.7 Å². The van der Waals surface area contributed by atoms with Gasteiger partial charge >= 0.3 is 0 Å². The Kier molecular flexibility index (Phi) is 9.93. The van der Waals surface area contributed by atoms with Crippen molar-refractivity contribution in [3.8, 4) is 22.9 Å². The molecule has 1 aromatic heterocycles. The molecule has 232 valence electrons. The first-order chi connectivity index (χ1) is 20.2. The van der Waals surface area contributed by atoms with E-state index in [9.17, 15) is 0 Å². The van der Waals surface area contributed by atoms with E-state index in [0.717, 1.165) is 5.57 Å². The summed E-state index contributed by atoms with van der Waals surface area (Å²) in [7, 11) is -4.56. The van der Waals surface area contributed by atoms with E-state index in [0.29, 0.717) is 22.4 Å². The molecular formula is C37H51N3P2Si2. The smallest absolute Gasteiger partial charge is 0.201 e. The summed E-state index contributed by atoms with van der Waals surface area (Å²) in [6.07, 6.45) is 0. The second-order valence-corrected chi connectivity index (χ2v) is 31.4. The summed E-state index contributed by atoms with van der Waals surface area (Å²) in [4.78, 5) is 15.3. The molecule has 44 heavy (non-hydrogen) atoms. The average Bonchev–Trinajstić information content (AvgIpc) is 2.82. The Bertz CT molecular complexity index is 1560. The second kappa shape index (κ2) is 12.6. The molecule has 7 heteroatoms. The fourth-order valence-electron chi connectivity index (χ4n) is 6.25. The molecule has 0 aliphatic carbocycles. The number of aromatic nitrogens is 3. The molecule has 2 aromatic carbocycles. The molecule has 1 aliphatic heterocycles. The molecule has 2 heterocycles. The monoisotopic (exact) mass is 655 g/mol. The molecule has 1 saturated heterocycles. The minimum Gasteiger partial charge on any atom is -0.201 e. The SMILES string of the molecule is Cc1cc(C)c(C2P(c3nc(C#C[Si](C)(C)C)nc(C#C[Si](C)(C)C)n3)C(c3c(C)cc(C)cc3C)P2C(C)(C)C)c(C)c1. The van der Waals surface area contributed by atoms with Crippen molar-refractivity contribution < 1.29 is 0 Å². The Labute approximate surface area is 272 Å². The minimum atomic E-state index is -1.64. The van der Waals surface area contributed by atoms with Crippen LogP contribution in [0.25, 0.3) is 0 Å². The third-order valence-corrected chi connectivity index (χ3v) is 17.9. The molecule has 1 aliphatic rings. The van der Waals surface area contributed by atoms with Crippen LogP contribution >= 0.6 is 15.8 Å². The number of nitrogens with zero attached hydrogens (tertiary/aromatic N) is 3. The van der Waals surface area contributed by atoms with Gasteiger partial charge in [0.15, 0.2) is 5.57 Å². The zero-order valence-corrected chi connectivity index (χ0v) is 33.5. The highest BCUT2D eigenvalue weighted by molar-refractivity contribution is 7.95. The van der Waals surface area contributed by atoms with Crippen molar-refractivity contribution in [2.45, 2.75) is 118 Å². The summed E-state index contributed by atoms with van der Waals surface area (Å²) < 4.78 is 0. The van der Waals surface area contributed by atoms with Gasteiger partial charge in [-0.15, -0.1) is 11.1 Å². The van der Waals surface area contributed by atoms with Crippen molar-refractivity contribution in [3.63, 3.8) is 0 Å². The Hall–Kier alpha value is -2.14. The minimum absolute atomic E-state index is 0.144. The Morgan fingerprint density at radius 2 is 0.932 bits per heavy atom. The van der Waals surface area contributed by atoms with Crippen LogP contribution in [0.15, 0.2) is 24.3 Å². The summed E-state index contributed by atoms with van der Waals surface area (Å²) in [5.74, 6) is 7.94. The first kappa shape index (κ1) is 34.7. The van der Waals surface area contributed by atoms with E-state index >= 15 is 0 Å². The summed E-state index contributed by atoms with van der Waals surface area (Å²) in [5, 5.41) is 0.928. The average molecular weight is 656 g/mol. The van der Waals surface area contributed by atoms with Gasteiger partial charge in [-0.05, 0) is 99.8 Å². The summed E-state index contributed by atoms with van der Waals surface area (Å²) >= 11 is 0. The van der Waals surface area contributed by atoms with Gasteiger partial charge in [0, 0.05) is 10.8 Å². The number of aryl methyl sites for hydroxylation is 6. The molecule has 3 aromatic rings. The van der Waals surface area contributed by atoms with Crippen LogP contribution in [0, 0.1) is 64.5 Å².